The first kappa shape index (κ1) is 13.2. The molecule has 3 nitrogen and oxygen atoms in total. The Labute approximate surface area is 101 Å². The highest BCUT2D eigenvalue weighted by Gasteiger charge is 2.09. The van der Waals surface area contributed by atoms with Crippen LogP contribution >= 0.6 is 11.3 Å². The van der Waals surface area contributed by atoms with Gasteiger partial charge in [0.2, 0.25) is 5.91 Å². The van der Waals surface area contributed by atoms with Crippen LogP contribution < -0.4 is 5.73 Å². The van der Waals surface area contributed by atoms with Gasteiger partial charge in [0.05, 0.1) is 0 Å². The minimum absolute atomic E-state index is 0.106. The van der Waals surface area contributed by atoms with Crippen LogP contribution in [0.4, 0.5) is 0 Å². The molecule has 4 heteroatoms. The third-order valence-electron chi connectivity index (χ3n) is 2.51. The zero-order valence-electron chi connectivity index (χ0n) is 9.98. The smallest absolute Gasteiger partial charge is 0.222 e. The summed E-state index contributed by atoms with van der Waals surface area (Å²) >= 11 is 1.74. The first-order chi connectivity index (χ1) is 7.59. The van der Waals surface area contributed by atoms with Crippen LogP contribution in [-0.4, -0.2) is 30.4 Å². The standard InChI is InChI=1S/C12H20N2OS/c1-10(13)5-6-12(15)14(2)8-7-11-4-3-9-16-11/h3-4,9-10H,5-8,13H2,1-2H3. The van der Waals surface area contributed by atoms with E-state index in [-0.39, 0.29) is 11.9 Å². The molecule has 16 heavy (non-hydrogen) atoms. The van der Waals surface area contributed by atoms with Gasteiger partial charge in [-0.2, -0.15) is 0 Å². The van der Waals surface area contributed by atoms with Crippen LogP contribution in [0.15, 0.2) is 17.5 Å². The Kier molecular flexibility index (Phi) is 5.49. The molecule has 0 aromatic carbocycles. The molecule has 0 spiro atoms. The summed E-state index contributed by atoms with van der Waals surface area (Å²) in [6.45, 7) is 2.72. The molecule has 0 fully saturated rings. The number of hydrogen-bond acceptors (Lipinski definition) is 3. The summed E-state index contributed by atoms with van der Waals surface area (Å²) < 4.78 is 0. The molecule has 0 saturated carbocycles. The van der Waals surface area contributed by atoms with Crippen molar-refractivity contribution in [3.05, 3.63) is 22.4 Å². The van der Waals surface area contributed by atoms with Crippen LogP contribution in [0.25, 0.3) is 0 Å². The molecular weight excluding hydrogens is 220 g/mol. The molecule has 0 radical (unpaired) electrons. The summed E-state index contributed by atoms with van der Waals surface area (Å²) in [6.07, 6.45) is 2.26. The lowest BCUT2D eigenvalue weighted by molar-refractivity contribution is -0.130. The fourth-order valence-electron chi connectivity index (χ4n) is 1.40. The first-order valence-electron chi connectivity index (χ1n) is 5.61. The van der Waals surface area contributed by atoms with E-state index in [4.69, 9.17) is 5.73 Å². The Balaban J connectivity index is 2.23. The lowest BCUT2D eigenvalue weighted by atomic mass is 10.2. The Morgan fingerprint density at radius 3 is 2.94 bits per heavy atom. The Morgan fingerprint density at radius 2 is 2.38 bits per heavy atom. The van der Waals surface area contributed by atoms with Gasteiger partial charge in [0, 0.05) is 30.9 Å². The fourth-order valence-corrected chi connectivity index (χ4v) is 2.10. The number of carbonyl (C=O) groups excluding carboxylic acids is 1. The minimum Gasteiger partial charge on any atom is -0.345 e. The predicted octanol–water partition coefficient (Wildman–Crippen LogP) is 1.88. The van der Waals surface area contributed by atoms with E-state index in [1.165, 1.54) is 4.88 Å². The number of likely N-dealkylation sites (N-methyl/N-ethyl adjacent to an activating group) is 1. The predicted molar refractivity (Wildman–Crippen MR) is 68.5 cm³/mol. The van der Waals surface area contributed by atoms with Crippen molar-refractivity contribution >= 4 is 17.2 Å². The molecule has 1 amide bonds. The highest BCUT2D eigenvalue weighted by molar-refractivity contribution is 7.09. The van der Waals surface area contributed by atoms with E-state index in [0.29, 0.717) is 6.42 Å². The molecule has 90 valence electrons. The largest absolute Gasteiger partial charge is 0.345 e. The number of nitrogens with two attached hydrogens (primary N) is 1. The molecule has 1 aromatic heterocycles. The van der Waals surface area contributed by atoms with Gasteiger partial charge >= 0.3 is 0 Å². The van der Waals surface area contributed by atoms with Crippen molar-refractivity contribution in [2.24, 2.45) is 5.73 Å². The van der Waals surface area contributed by atoms with Crippen LogP contribution in [0.1, 0.15) is 24.6 Å². The molecule has 0 bridgehead atoms. The average molecular weight is 240 g/mol. The summed E-state index contributed by atoms with van der Waals surface area (Å²) in [7, 11) is 1.86. The molecule has 1 rings (SSSR count). The number of rotatable bonds is 6. The summed E-state index contributed by atoms with van der Waals surface area (Å²) in [5.41, 5.74) is 5.62. The van der Waals surface area contributed by atoms with Crippen molar-refractivity contribution < 1.29 is 4.79 Å². The van der Waals surface area contributed by atoms with Gasteiger partial charge in [0.15, 0.2) is 0 Å². The topological polar surface area (TPSA) is 46.3 Å². The number of amides is 1. The van der Waals surface area contributed by atoms with Gasteiger partial charge in [-0.05, 0) is 31.2 Å². The zero-order chi connectivity index (χ0) is 12.0. The number of thiophene rings is 1. The monoisotopic (exact) mass is 240 g/mol. The van der Waals surface area contributed by atoms with Crippen LogP contribution in [0.3, 0.4) is 0 Å². The molecule has 1 aromatic rings. The Hall–Kier alpha value is -0.870. The molecule has 1 atom stereocenters. The second kappa shape index (κ2) is 6.66. The average Bonchev–Trinajstić information content (AvgIpc) is 2.75. The van der Waals surface area contributed by atoms with Crippen molar-refractivity contribution in [1.29, 1.82) is 0 Å². The van der Waals surface area contributed by atoms with Crippen molar-refractivity contribution in [1.82, 2.24) is 4.90 Å². The van der Waals surface area contributed by atoms with E-state index >= 15 is 0 Å². The highest BCUT2D eigenvalue weighted by Crippen LogP contribution is 2.09. The first-order valence-corrected chi connectivity index (χ1v) is 6.49. The van der Waals surface area contributed by atoms with E-state index in [2.05, 4.69) is 11.4 Å². The lowest BCUT2D eigenvalue weighted by Gasteiger charge is -2.17. The molecule has 1 heterocycles. The number of hydrogen-bond donors (Lipinski definition) is 1. The van der Waals surface area contributed by atoms with Gasteiger partial charge in [-0.15, -0.1) is 11.3 Å². The molecular formula is C12H20N2OS. The Bertz CT molecular complexity index is 309. The summed E-state index contributed by atoms with van der Waals surface area (Å²) in [6, 6.07) is 4.25. The van der Waals surface area contributed by atoms with E-state index in [1.807, 2.05) is 20.0 Å². The third-order valence-corrected chi connectivity index (χ3v) is 3.45. The van der Waals surface area contributed by atoms with Gasteiger partial charge in [0.25, 0.3) is 0 Å². The SMILES string of the molecule is CC(N)CCC(=O)N(C)CCc1cccs1. The van der Waals surface area contributed by atoms with Crippen LogP contribution in [0, 0.1) is 0 Å². The number of nitrogens with zero attached hydrogens (tertiary/aromatic N) is 1. The van der Waals surface area contributed by atoms with Gasteiger partial charge in [0.1, 0.15) is 0 Å². The van der Waals surface area contributed by atoms with Crippen LogP contribution in [-0.2, 0) is 11.2 Å². The van der Waals surface area contributed by atoms with Crippen LogP contribution in [0.5, 0.6) is 0 Å². The summed E-state index contributed by atoms with van der Waals surface area (Å²) in [4.78, 5) is 14.8. The molecule has 0 aliphatic heterocycles. The maximum absolute atomic E-state index is 11.7. The van der Waals surface area contributed by atoms with Crippen molar-refractivity contribution in [2.45, 2.75) is 32.2 Å². The molecule has 1 unspecified atom stereocenters. The van der Waals surface area contributed by atoms with Crippen molar-refractivity contribution in [3.63, 3.8) is 0 Å². The Morgan fingerprint density at radius 1 is 1.62 bits per heavy atom. The zero-order valence-corrected chi connectivity index (χ0v) is 10.8. The van der Waals surface area contributed by atoms with Crippen LogP contribution in [0.2, 0.25) is 0 Å². The maximum Gasteiger partial charge on any atom is 0.222 e. The van der Waals surface area contributed by atoms with Gasteiger partial charge in [-0.3, -0.25) is 4.79 Å². The van der Waals surface area contributed by atoms with E-state index < -0.39 is 0 Å². The van der Waals surface area contributed by atoms with E-state index in [1.54, 1.807) is 16.2 Å². The van der Waals surface area contributed by atoms with Gasteiger partial charge < -0.3 is 10.6 Å². The number of carbonyl (C=O) groups is 1. The summed E-state index contributed by atoms with van der Waals surface area (Å²) in [5.74, 6) is 0.189. The van der Waals surface area contributed by atoms with Gasteiger partial charge in [-0.25, -0.2) is 0 Å². The second-order valence-electron chi connectivity index (χ2n) is 4.16. The minimum atomic E-state index is 0.106. The van der Waals surface area contributed by atoms with E-state index in [0.717, 1.165) is 19.4 Å². The maximum atomic E-state index is 11.7. The van der Waals surface area contributed by atoms with Gasteiger partial charge in [-0.1, -0.05) is 6.07 Å². The molecule has 0 aliphatic carbocycles. The fraction of sp³-hybridized carbons (Fsp3) is 0.583. The third kappa shape index (κ3) is 4.77. The highest BCUT2D eigenvalue weighted by atomic mass is 32.1. The molecule has 0 aliphatic rings. The van der Waals surface area contributed by atoms with E-state index in [9.17, 15) is 4.79 Å². The normalized spacial score (nSPS) is 12.4. The lowest BCUT2D eigenvalue weighted by Crippen LogP contribution is -2.30. The molecule has 0 saturated heterocycles. The van der Waals surface area contributed by atoms with Crippen molar-refractivity contribution in [2.75, 3.05) is 13.6 Å². The second-order valence-corrected chi connectivity index (χ2v) is 5.19. The summed E-state index contributed by atoms with van der Waals surface area (Å²) in [5, 5.41) is 2.06. The molecule has 2 N–H and O–H groups in total. The van der Waals surface area contributed by atoms with Crippen molar-refractivity contribution in [3.8, 4) is 0 Å². The quantitative estimate of drug-likeness (QED) is 0.825.